The summed E-state index contributed by atoms with van der Waals surface area (Å²) >= 11 is 0. The fraction of sp³-hybridized carbons (Fsp3) is 0.290. The number of Topliss-reactive ketones (excluding diaryl/α,β-unsaturated/α-hetero) is 1. The molecule has 0 aliphatic heterocycles. The number of nitrogens with zero attached hydrogens (tertiary/aromatic N) is 2. The zero-order valence-electron chi connectivity index (χ0n) is 22.0. The van der Waals surface area contributed by atoms with Crippen LogP contribution < -0.4 is 14.4 Å². The van der Waals surface area contributed by atoms with E-state index < -0.39 is 0 Å². The second kappa shape index (κ2) is 11.8. The Kier molecular flexibility index (Phi) is 8.29. The van der Waals surface area contributed by atoms with Crippen LogP contribution in [0.5, 0.6) is 11.5 Å². The lowest BCUT2D eigenvalue weighted by atomic mass is 9.80. The molecule has 0 amide bonds. The molecule has 0 aromatic heterocycles. The monoisotopic (exact) mass is 499 g/mol. The molecule has 37 heavy (non-hydrogen) atoms. The van der Waals surface area contributed by atoms with Crippen molar-refractivity contribution in [2.75, 3.05) is 44.8 Å². The van der Waals surface area contributed by atoms with Gasteiger partial charge in [0.1, 0.15) is 30.4 Å². The summed E-state index contributed by atoms with van der Waals surface area (Å²) in [5, 5.41) is 10.8. The lowest BCUT2D eigenvalue weighted by molar-refractivity contribution is -0.524. The molecule has 1 N–H and O–H groups in total. The molecule has 0 unspecified atom stereocenters. The standard InChI is InChI=1S/C31H34N2O4/c1-5-32(6-2)24-12-8-22(9-13-24)28-30(34)29(31(28)35)23-10-14-25(15-11-23)33(7-3)20-21-37-27-18-16-26(36-4)17-19-27/h8-19H,5-7,20-21H2,1-4H3/p+1. The molecule has 4 rings (SSSR count). The number of carbonyl (C=O) groups is 1. The molecule has 2 aromatic carbocycles. The molecule has 6 nitrogen and oxygen atoms in total. The number of benzene rings is 2. The van der Waals surface area contributed by atoms with Crippen LogP contribution in [0.25, 0.3) is 5.57 Å². The van der Waals surface area contributed by atoms with E-state index in [-0.39, 0.29) is 11.5 Å². The van der Waals surface area contributed by atoms with Crippen molar-refractivity contribution < 1.29 is 24.0 Å². The van der Waals surface area contributed by atoms with Crippen LogP contribution in [0, 0.1) is 0 Å². The number of likely N-dealkylation sites (N-methyl/N-ethyl adjacent to an activating group) is 1. The predicted molar refractivity (Wildman–Crippen MR) is 149 cm³/mol. The van der Waals surface area contributed by atoms with Crippen LogP contribution >= 0.6 is 0 Å². The number of anilines is 1. The Morgan fingerprint density at radius 3 is 2.00 bits per heavy atom. The lowest BCUT2D eigenvalue weighted by Crippen LogP contribution is -2.26. The molecular formula is C31H35N2O4+. The van der Waals surface area contributed by atoms with Crippen molar-refractivity contribution in [2.24, 2.45) is 0 Å². The molecule has 0 fully saturated rings. The van der Waals surface area contributed by atoms with Crippen LogP contribution in [-0.2, 0) is 4.79 Å². The number of hydrogen-bond acceptors (Lipinski definition) is 5. The average molecular weight is 500 g/mol. The molecule has 0 spiro atoms. The lowest BCUT2D eigenvalue weighted by Gasteiger charge is -2.25. The van der Waals surface area contributed by atoms with Crippen molar-refractivity contribution in [3.63, 3.8) is 0 Å². The fourth-order valence-corrected chi connectivity index (χ4v) is 4.62. The van der Waals surface area contributed by atoms with Gasteiger partial charge in [0.05, 0.1) is 18.3 Å². The Hall–Kier alpha value is -4.06. The van der Waals surface area contributed by atoms with Crippen LogP contribution in [0.3, 0.4) is 0 Å². The smallest absolute Gasteiger partial charge is 0.201 e. The Morgan fingerprint density at radius 1 is 0.838 bits per heavy atom. The molecule has 192 valence electrons. The third-order valence-electron chi connectivity index (χ3n) is 6.80. The van der Waals surface area contributed by atoms with E-state index in [4.69, 9.17) is 9.47 Å². The summed E-state index contributed by atoms with van der Waals surface area (Å²) in [5.41, 5.74) is 4.37. The van der Waals surface area contributed by atoms with E-state index in [2.05, 4.69) is 30.2 Å². The molecule has 6 heteroatoms. The molecule has 0 saturated heterocycles. The molecule has 0 radical (unpaired) electrons. The maximum atomic E-state index is 13.0. The highest BCUT2D eigenvalue weighted by Gasteiger charge is 2.36. The van der Waals surface area contributed by atoms with Crippen molar-refractivity contribution in [3.8, 4) is 11.5 Å². The van der Waals surface area contributed by atoms with Crippen LogP contribution in [0.2, 0.25) is 0 Å². The summed E-state index contributed by atoms with van der Waals surface area (Å²) in [6, 6.07) is 15.4. The Morgan fingerprint density at radius 2 is 1.46 bits per heavy atom. The minimum absolute atomic E-state index is 0.0635. The largest absolute Gasteiger partial charge is 0.506 e. The van der Waals surface area contributed by atoms with E-state index in [1.54, 1.807) is 7.11 Å². The molecule has 2 aliphatic rings. The molecule has 0 saturated carbocycles. The fourth-order valence-electron chi connectivity index (χ4n) is 4.62. The number of aliphatic hydroxyl groups excluding tert-OH is 1. The van der Waals surface area contributed by atoms with Crippen molar-refractivity contribution in [2.45, 2.75) is 20.8 Å². The van der Waals surface area contributed by atoms with Gasteiger partial charge in [-0.25, -0.2) is 4.58 Å². The summed E-state index contributed by atoms with van der Waals surface area (Å²) in [4.78, 5) is 15.2. The topological polar surface area (TPSA) is 62.0 Å². The van der Waals surface area contributed by atoms with Crippen LogP contribution in [0.1, 0.15) is 26.3 Å². The highest BCUT2D eigenvalue weighted by atomic mass is 16.5. The van der Waals surface area contributed by atoms with Crippen LogP contribution in [0.15, 0.2) is 89.7 Å². The highest BCUT2D eigenvalue weighted by molar-refractivity contribution is 6.39. The van der Waals surface area contributed by atoms with Gasteiger partial charge in [-0.15, -0.1) is 0 Å². The van der Waals surface area contributed by atoms with Crippen molar-refractivity contribution in [1.29, 1.82) is 0 Å². The van der Waals surface area contributed by atoms with E-state index in [9.17, 15) is 9.90 Å². The molecule has 0 bridgehead atoms. The first-order valence-corrected chi connectivity index (χ1v) is 12.8. The number of ether oxygens (including phenoxy) is 2. The van der Waals surface area contributed by atoms with Gasteiger partial charge in [0.25, 0.3) is 0 Å². The first kappa shape index (κ1) is 26.0. The van der Waals surface area contributed by atoms with Crippen LogP contribution in [0.4, 0.5) is 5.69 Å². The van der Waals surface area contributed by atoms with Gasteiger partial charge in [-0.3, -0.25) is 4.79 Å². The van der Waals surface area contributed by atoms with Crippen molar-refractivity contribution >= 4 is 22.8 Å². The summed E-state index contributed by atoms with van der Waals surface area (Å²) in [7, 11) is 1.64. The molecular weight excluding hydrogens is 464 g/mol. The molecule has 0 heterocycles. The number of carbonyl (C=O) groups excluding carboxylic acids is 1. The van der Waals surface area contributed by atoms with Gasteiger partial charge in [0.15, 0.2) is 12.3 Å². The van der Waals surface area contributed by atoms with E-state index in [1.165, 1.54) is 0 Å². The number of aliphatic hydroxyl groups is 1. The van der Waals surface area contributed by atoms with Crippen LogP contribution in [-0.4, -0.2) is 61.1 Å². The Balaban J connectivity index is 1.45. The minimum atomic E-state index is -0.124. The number of methoxy groups -OCH3 is 1. The SMILES string of the molecule is CCN(CC)c1ccc(C2=C(O)C(=C3C=CC(=[N+](CC)CCOc4ccc(OC)cc4)C=C3)C2=O)cc1. The third-order valence-corrected chi connectivity index (χ3v) is 6.80. The zero-order valence-corrected chi connectivity index (χ0v) is 22.0. The number of allylic oxidation sites excluding steroid dienone is 7. The summed E-state index contributed by atoms with van der Waals surface area (Å²) in [5.74, 6) is 1.54. The van der Waals surface area contributed by atoms with E-state index in [1.807, 2.05) is 72.8 Å². The van der Waals surface area contributed by atoms with Gasteiger partial charge >= 0.3 is 0 Å². The first-order valence-electron chi connectivity index (χ1n) is 12.8. The van der Waals surface area contributed by atoms with E-state index >= 15 is 0 Å². The predicted octanol–water partition coefficient (Wildman–Crippen LogP) is 5.37. The van der Waals surface area contributed by atoms with Gasteiger partial charge in [-0.05, 0) is 80.5 Å². The zero-order chi connectivity index (χ0) is 26.4. The summed E-state index contributed by atoms with van der Waals surface area (Å²) < 4.78 is 13.3. The van der Waals surface area contributed by atoms with E-state index in [0.717, 1.165) is 60.2 Å². The highest BCUT2D eigenvalue weighted by Crippen LogP contribution is 2.39. The third kappa shape index (κ3) is 5.53. The van der Waals surface area contributed by atoms with Gasteiger partial charge in [0.2, 0.25) is 5.78 Å². The number of hydrogen-bond donors (Lipinski definition) is 1. The first-order chi connectivity index (χ1) is 18.0. The maximum Gasteiger partial charge on any atom is 0.201 e. The number of rotatable bonds is 10. The quantitative estimate of drug-likeness (QED) is 0.352. The second-order valence-corrected chi connectivity index (χ2v) is 8.80. The van der Waals surface area contributed by atoms with Gasteiger partial charge < -0.3 is 19.5 Å². The second-order valence-electron chi connectivity index (χ2n) is 8.80. The normalized spacial score (nSPS) is 14.7. The summed E-state index contributed by atoms with van der Waals surface area (Å²) in [6.07, 6.45) is 7.76. The Bertz CT molecular complexity index is 1270. The molecule has 2 aliphatic carbocycles. The maximum absolute atomic E-state index is 13.0. The van der Waals surface area contributed by atoms with Gasteiger partial charge in [-0.1, -0.05) is 12.1 Å². The molecule has 2 aromatic rings. The van der Waals surface area contributed by atoms with E-state index in [0.29, 0.717) is 17.8 Å². The van der Waals surface area contributed by atoms with Gasteiger partial charge in [0, 0.05) is 30.9 Å². The van der Waals surface area contributed by atoms with Crippen molar-refractivity contribution in [1.82, 2.24) is 0 Å². The average Bonchev–Trinajstić information content (AvgIpc) is 2.94. The number of ketones is 1. The van der Waals surface area contributed by atoms with Crippen molar-refractivity contribution in [3.05, 3.63) is 95.3 Å². The minimum Gasteiger partial charge on any atom is -0.506 e. The molecule has 0 atom stereocenters. The summed E-state index contributed by atoms with van der Waals surface area (Å²) in [6.45, 7) is 10.2. The van der Waals surface area contributed by atoms with Gasteiger partial charge in [-0.2, -0.15) is 0 Å². The Labute approximate surface area is 219 Å².